The van der Waals surface area contributed by atoms with Gasteiger partial charge in [0.25, 0.3) is 11.8 Å². The summed E-state index contributed by atoms with van der Waals surface area (Å²) in [7, 11) is 0. The van der Waals surface area contributed by atoms with Gasteiger partial charge in [-0.1, -0.05) is 61.5 Å². The van der Waals surface area contributed by atoms with E-state index < -0.39 is 12.1 Å². The summed E-state index contributed by atoms with van der Waals surface area (Å²) >= 11 is 1.56. The van der Waals surface area contributed by atoms with Crippen molar-refractivity contribution in [3.05, 3.63) is 122 Å². The Labute approximate surface area is 264 Å². The summed E-state index contributed by atoms with van der Waals surface area (Å²) in [4.78, 5) is 33.9. The van der Waals surface area contributed by atoms with Crippen LogP contribution in [0.25, 0.3) is 0 Å². The van der Waals surface area contributed by atoms with Crippen LogP contribution in [-0.2, 0) is 25.9 Å². The summed E-state index contributed by atoms with van der Waals surface area (Å²) in [6.45, 7) is 7.40. The first-order valence-electron chi connectivity index (χ1n) is 15.4. The molecule has 0 aliphatic heterocycles. The van der Waals surface area contributed by atoms with Crippen LogP contribution in [-0.4, -0.2) is 51.5 Å². The van der Waals surface area contributed by atoms with Crippen LogP contribution >= 0.6 is 11.3 Å². The molecule has 1 aliphatic carbocycles. The number of hydrogen-bond donors (Lipinski definition) is 3. The lowest BCUT2D eigenvalue weighted by molar-refractivity contribution is 0.0729. The van der Waals surface area contributed by atoms with E-state index in [1.807, 2.05) is 60.5 Å². The number of amides is 2. The zero-order valence-corrected chi connectivity index (χ0v) is 26.6. The summed E-state index contributed by atoms with van der Waals surface area (Å²) in [6, 6.07) is 23.2. The van der Waals surface area contributed by atoms with Gasteiger partial charge in [-0.15, -0.1) is 11.3 Å². The summed E-state index contributed by atoms with van der Waals surface area (Å²) in [5.41, 5.74) is 6.13. The fourth-order valence-electron chi connectivity index (χ4n) is 5.45. The van der Waals surface area contributed by atoms with Crippen molar-refractivity contribution in [1.82, 2.24) is 20.5 Å². The van der Waals surface area contributed by atoms with Gasteiger partial charge in [0.2, 0.25) is 0 Å². The minimum absolute atomic E-state index is 0.0877. The van der Waals surface area contributed by atoms with E-state index in [4.69, 9.17) is 0 Å². The second kappa shape index (κ2) is 14.8. The van der Waals surface area contributed by atoms with Crippen molar-refractivity contribution in [2.75, 3.05) is 6.54 Å². The maximum Gasteiger partial charge on any atom is 0.254 e. The number of hydrogen-bond acceptors (Lipinski definition) is 6. The van der Waals surface area contributed by atoms with E-state index in [2.05, 4.69) is 46.8 Å². The molecule has 230 valence electrons. The maximum absolute atomic E-state index is 13.7. The number of aryl methyl sites for hydroxylation is 3. The van der Waals surface area contributed by atoms with Crippen LogP contribution in [0.2, 0.25) is 0 Å². The first-order valence-corrected chi connectivity index (χ1v) is 16.3. The van der Waals surface area contributed by atoms with Crippen LogP contribution in [0.3, 0.4) is 0 Å². The molecule has 0 saturated heterocycles. The highest BCUT2D eigenvalue weighted by Crippen LogP contribution is 2.31. The lowest BCUT2D eigenvalue weighted by atomic mass is 9.99. The molecule has 0 unspecified atom stereocenters. The molecule has 0 bridgehead atoms. The second-order valence-electron chi connectivity index (χ2n) is 11.8. The van der Waals surface area contributed by atoms with Crippen LogP contribution in [0, 0.1) is 13.8 Å². The highest BCUT2D eigenvalue weighted by atomic mass is 32.1. The van der Waals surface area contributed by atoms with Crippen molar-refractivity contribution >= 4 is 23.2 Å². The molecule has 0 spiro atoms. The fourth-order valence-corrected chi connectivity index (χ4v) is 6.22. The van der Waals surface area contributed by atoms with Crippen LogP contribution in [0.1, 0.15) is 73.4 Å². The van der Waals surface area contributed by atoms with Gasteiger partial charge in [0, 0.05) is 41.3 Å². The molecule has 5 rings (SSSR count). The highest BCUT2D eigenvalue weighted by Gasteiger charge is 2.34. The predicted molar refractivity (Wildman–Crippen MR) is 176 cm³/mol. The van der Waals surface area contributed by atoms with Crippen LogP contribution in [0.4, 0.5) is 0 Å². The largest absolute Gasteiger partial charge is 0.390 e. The Kier molecular flexibility index (Phi) is 10.6. The lowest BCUT2D eigenvalue weighted by Gasteiger charge is -2.25. The molecule has 1 aliphatic rings. The van der Waals surface area contributed by atoms with E-state index in [1.165, 1.54) is 5.56 Å². The Morgan fingerprint density at radius 3 is 2.41 bits per heavy atom. The average molecular weight is 611 g/mol. The number of nitrogens with zero attached hydrogens (tertiary/aromatic N) is 2. The third kappa shape index (κ3) is 8.62. The van der Waals surface area contributed by atoms with Gasteiger partial charge < -0.3 is 20.6 Å². The first kappa shape index (κ1) is 31.6. The third-order valence-corrected chi connectivity index (χ3v) is 8.92. The number of nitrogens with one attached hydrogen (secondary N) is 2. The smallest absolute Gasteiger partial charge is 0.254 e. The van der Waals surface area contributed by atoms with Crippen molar-refractivity contribution in [1.29, 1.82) is 0 Å². The Hall–Kier alpha value is -3.85. The van der Waals surface area contributed by atoms with Crippen LogP contribution in [0.15, 0.2) is 78.2 Å². The van der Waals surface area contributed by atoms with Crippen molar-refractivity contribution < 1.29 is 14.7 Å². The third-order valence-electron chi connectivity index (χ3n) is 7.97. The molecule has 1 heterocycles. The number of aliphatic hydroxyl groups is 1. The number of aromatic nitrogens is 1. The second-order valence-corrected chi connectivity index (χ2v) is 12.7. The van der Waals surface area contributed by atoms with E-state index in [1.54, 1.807) is 23.5 Å². The molecule has 8 heteroatoms. The van der Waals surface area contributed by atoms with Gasteiger partial charge in [-0.05, 0) is 80.0 Å². The van der Waals surface area contributed by atoms with Crippen molar-refractivity contribution in [2.24, 2.45) is 0 Å². The first-order chi connectivity index (χ1) is 21.3. The SMILES string of the molecule is CCc1cccc(CNC[C@@H](O)[C@H](Cc2ccccc2)NC(=O)c2cc(C)cc(C(=O)N(Cc3nc(C)cs3)C3CC3)c2)c1. The molecule has 4 aromatic rings. The van der Waals surface area contributed by atoms with Crippen molar-refractivity contribution in [3.63, 3.8) is 0 Å². The van der Waals surface area contributed by atoms with E-state index in [-0.39, 0.29) is 17.9 Å². The normalized spacial score (nSPS) is 14.2. The maximum atomic E-state index is 13.7. The Morgan fingerprint density at radius 1 is 0.977 bits per heavy atom. The zero-order valence-electron chi connectivity index (χ0n) is 25.8. The Morgan fingerprint density at radius 2 is 1.70 bits per heavy atom. The highest BCUT2D eigenvalue weighted by molar-refractivity contribution is 7.09. The molecular formula is C36H42N4O3S. The van der Waals surface area contributed by atoms with Gasteiger partial charge >= 0.3 is 0 Å². The summed E-state index contributed by atoms with van der Waals surface area (Å²) in [6.07, 6.45) is 2.57. The van der Waals surface area contributed by atoms with Gasteiger partial charge in [-0.3, -0.25) is 9.59 Å². The number of carbonyl (C=O) groups is 2. The van der Waals surface area contributed by atoms with Gasteiger partial charge in [0.1, 0.15) is 5.01 Å². The molecule has 3 N–H and O–H groups in total. The summed E-state index contributed by atoms with van der Waals surface area (Å²) in [5, 5.41) is 20.6. The molecular weight excluding hydrogens is 568 g/mol. The number of aliphatic hydroxyl groups excluding tert-OH is 1. The molecule has 1 aromatic heterocycles. The number of benzene rings is 3. The number of thiazole rings is 1. The lowest BCUT2D eigenvalue weighted by Crippen LogP contribution is -2.48. The standard InChI is InChI=1S/C36H42N4O3S/c1-4-26-11-8-12-28(17-26)20-37-21-33(41)32(18-27-9-6-5-7-10-27)39-35(42)29-15-24(2)16-30(19-29)36(43)40(31-13-14-31)22-34-38-25(3)23-44-34/h5-12,15-17,19,23,31-33,37,41H,4,13-14,18,20-22H2,1-3H3,(H,39,42)/t32-,33+/m0/s1. The topological polar surface area (TPSA) is 94.6 Å². The molecule has 2 amide bonds. The Balaban J connectivity index is 1.29. The van der Waals surface area contributed by atoms with Crippen molar-refractivity contribution in [3.8, 4) is 0 Å². The summed E-state index contributed by atoms with van der Waals surface area (Å²) in [5.74, 6) is -0.401. The van der Waals surface area contributed by atoms with Gasteiger partial charge in [-0.25, -0.2) is 4.98 Å². The number of rotatable bonds is 14. The van der Waals surface area contributed by atoms with Gasteiger partial charge in [-0.2, -0.15) is 0 Å². The van der Waals surface area contributed by atoms with Crippen LogP contribution in [0.5, 0.6) is 0 Å². The molecule has 2 atom stereocenters. The van der Waals surface area contributed by atoms with E-state index in [9.17, 15) is 14.7 Å². The van der Waals surface area contributed by atoms with E-state index in [0.717, 1.165) is 46.7 Å². The van der Waals surface area contributed by atoms with Gasteiger partial charge in [0.15, 0.2) is 0 Å². The van der Waals surface area contributed by atoms with E-state index in [0.29, 0.717) is 37.2 Å². The average Bonchev–Trinajstić information content (AvgIpc) is 3.79. The number of carbonyl (C=O) groups excluding carboxylic acids is 2. The zero-order chi connectivity index (χ0) is 31.1. The monoisotopic (exact) mass is 610 g/mol. The molecule has 7 nitrogen and oxygen atoms in total. The predicted octanol–water partition coefficient (Wildman–Crippen LogP) is 5.62. The molecule has 44 heavy (non-hydrogen) atoms. The molecule has 3 aromatic carbocycles. The van der Waals surface area contributed by atoms with Gasteiger partial charge in [0.05, 0.1) is 18.7 Å². The van der Waals surface area contributed by atoms with Crippen molar-refractivity contribution in [2.45, 2.75) is 77.7 Å². The Bertz CT molecular complexity index is 1570. The molecule has 1 fully saturated rings. The summed E-state index contributed by atoms with van der Waals surface area (Å²) < 4.78 is 0. The molecule has 1 saturated carbocycles. The minimum Gasteiger partial charge on any atom is -0.390 e. The molecule has 0 radical (unpaired) electrons. The minimum atomic E-state index is -0.827. The van der Waals surface area contributed by atoms with E-state index >= 15 is 0 Å². The quantitative estimate of drug-likeness (QED) is 0.172. The fraction of sp³-hybridized carbons (Fsp3) is 0.361. The van der Waals surface area contributed by atoms with Crippen LogP contribution < -0.4 is 10.6 Å².